The van der Waals surface area contributed by atoms with Gasteiger partial charge in [0.2, 0.25) is 5.91 Å². The summed E-state index contributed by atoms with van der Waals surface area (Å²) in [5, 5.41) is 2.05. The molecule has 0 aromatic heterocycles. The number of ether oxygens (including phenoxy) is 1. The van der Waals surface area contributed by atoms with Gasteiger partial charge < -0.3 is 4.74 Å². The van der Waals surface area contributed by atoms with E-state index in [1.807, 2.05) is 5.32 Å². The molecule has 1 fully saturated rings. The average Bonchev–Trinajstić information content (AvgIpc) is 2.41. The Morgan fingerprint density at radius 2 is 2.23 bits per heavy atom. The first kappa shape index (κ1) is 9.18. The summed E-state index contributed by atoms with van der Waals surface area (Å²) >= 11 is 0. The predicted molar refractivity (Wildman–Crippen MR) is 42.1 cm³/mol. The van der Waals surface area contributed by atoms with Crippen molar-refractivity contribution in [3.8, 4) is 0 Å². The molecule has 0 saturated carbocycles. The first-order valence-electron chi connectivity index (χ1n) is 3.49. The van der Waals surface area contributed by atoms with Crippen molar-refractivity contribution in [1.82, 2.24) is 5.32 Å². The summed E-state index contributed by atoms with van der Waals surface area (Å²) in [6.45, 7) is 3.17. The van der Waals surface area contributed by atoms with Gasteiger partial charge in [0, 0.05) is 6.08 Å². The topological polar surface area (TPSA) is 72.5 Å². The minimum absolute atomic E-state index is 0.0523. The van der Waals surface area contributed by atoms with Crippen molar-refractivity contribution in [2.24, 2.45) is 0 Å². The van der Waals surface area contributed by atoms with Gasteiger partial charge >= 0.3 is 5.97 Å². The Labute approximate surface area is 74.1 Å². The van der Waals surface area contributed by atoms with Crippen molar-refractivity contribution in [1.29, 1.82) is 0 Å². The lowest BCUT2D eigenvalue weighted by Gasteiger charge is -1.93. The number of amides is 2. The van der Waals surface area contributed by atoms with Crippen LogP contribution in [-0.2, 0) is 19.1 Å². The number of carbonyl (C=O) groups excluding carboxylic acids is 3. The van der Waals surface area contributed by atoms with Gasteiger partial charge in [-0.25, -0.2) is 4.79 Å². The molecule has 1 heterocycles. The zero-order chi connectivity index (χ0) is 9.84. The van der Waals surface area contributed by atoms with E-state index in [1.54, 1.807) is 0 Å². The standard InChI is InChI=1S/C8H7NO4/c1-2-7(11)13-4-5-3-6(10)9-8(5)12/h2,4H,1,3H2,(H,9,10,12)/b5-4+. The second-order valence-electron chi connectivity index (χ2n) is 2.34. The van der Waals surface area contributed by atoms with Gasteiger partial charge in [0.1, 0.15) is 6.26 Å². The van der Waals surface area contributed by atoms with E-state index in [-0.39, 0.29) is 12.0 Å². The quantitative estimate of drug-likeness (QED) is 0.273. The highest BCUT2D eigenvalue weighted by atomic mass is 16.5. The Bertz CT molecular complexity index is 316. The molecule has 0 aliphatic carbocycles. The highest BCUT2D eigenvalue weighted by molar-refractivity contribution is 6.13. The first-order valence-corrected chi connectivity index (χ1v) is 3.49. The lowest BCUT2D eigenvalue weighted by molar-refractivity contribution is -0.132. The van der Waals surface area contributed by atoms with E-state index in [0.29, 0.717) is 0 Å². The van der Waals surface area contributed by atoms with Crippen molar-refractivity contribution >= 4 is 17.8 Å². The molecule has 13 heavy (non-hydrogen) atoms. The van der Waals surface area contributed by atoms with Crippen LogP contribution < -0.4 is 5.32 Å². The lowest BCUT2D eigenvalue weighted by Crippen LogP contribution is -2.19. The van der Waals surface area contributed by atoms with E-state index in [0.717, 1.165) is 12.3 Å². The van der Waals surface area contributed by atoms with Crippen molar-refractivity contribution < 1.29 is 19.1 Å². The fourth-order valence-electron chi connectivity index (χ4n) is 0.777. The zero-order valence-corrected chi connectivity index (χ0v) is 6.70. The Hall–Kier alpha value is -1.91. The zero-order valence-electron chi connectivity index (χ0n) is 6.70. The third kappa shape index (κ3) is 2.26. The molecule has 5 heteroatoms. The molecule has 1 aliphatic rings. The highest BCUT2D eigenvalue weighted by Gasteiger charge is 2.24. The number of nitrogens with one attached hydrogen (secondary N) is 1. The monoisotopic (exact) mass is 181 g/mol. The summed E-state index contributed by atoms with van der Waals surface area (Å²) in [5.74, 6) is -1.59. The number of carbonyl (C=O) groups is 3. The van der Waals surface area contributed by atoms with Gasteiger partial charge in [-0.3, -0.25) is 14.9 Å². The van der Waals surface area contributed by atoms with Crippen molar-refractivity contribution in [2.75, 3.05) is 0 Å². The third-order valence-corrected chi connectivity index (χ3v) is 1.38. The second-order valence-corrected chi connectivity index (χ2v) is 2.34. The van der Waals surface area contributed by atoms with Crippen LogP contribution in [0.5, 0.6) is 0 Å². The summed E-state index contributed by atoms with van der Waals surface area (Å²) in [6, 6.07) is 0. The summed E-state index contributed by atoms with van der Waals surface area (Å²) < 4.78 is 4.46. The molecule has 0 aromatic carbocycles. The van der Waals surface area contributed by atoms with Crippen LogP contribution in [0, 0.1) is 0 Å². The van der Waals surface area contributed by atoms with E-state index in [1.165, 1.54) is 0 Å². The molecular weight excluding hydrogens is 174 g/mol. The van der Waals surface area contributed by atoms with E-state index in [4.69, 9.17) is 0 Å². The molecule has 5 nitrogen and oxygen atoms in total. The van der Waals surface area contributed by atoms with Crippen LogP contribution >= 0.6 is 0 Å². The predicted octanol–water partition coefficient (Wildman–Crippen LogP) is -0.354. The first-order chi connectivity index (χ1) is 6.13. The molecule has 0 spiro atoms. The van der Waals surface area contributed by atoms with Gasteiger partial charge in [0.15, 0.2) is 0 Å². The Morgan fingerprint density at radius 3 is 2.69 bits per heavy atom. The number of imide groups is 1. The smallest absolute Gasteiger partial charge is 0.334 e. The Balaban J connectivity index is 2.62. The maximum atomic E-state index is 10.9. The van der Waals surface area contributed by atoms with Gasteiger partial charge in [0.05, 0.1) is 12.0 Å². The molecule has 1 N–H and O–H groups in total. The number of esters is 1. The summed E-state index contributed by atoms with van der Waals surface area (Å²) in [6.07, 6.45) is 1.87. The number of hydrogen-bond donors (Lipinski definition) is 1. The third-order valence-electron chi connectivity index (χ3n) is 1.38. The molecule has 0 unspecified atom stereocenters. The molecule has 0 radical (unpaired) electrons. The van der Waals surface area contributed by atoms with Crippen LogP contribution in [0.1, 0.15) is 6.42 Å². The largest absolute Gasteiger partial charge is 0.431 e. The van der Waals surface area contributed by atoms with E-state index >= 15 is 0 Å². The molecular formula is C8H7NO4. The molecule has 2 amide bonds. The number of rotatable bonds is 2. The number of hydrogen-bond acceptors (Lipinski definition) is 4. The maximum Gasteiger partial charge on any atom is 0.334 e. The highest BCUT2D eigenvalue weighted by Crippen LogP contribution is 2.08. The fraction of sp³-hybridized carbons (Fsp3) is 0.125. The minimum atomic E-state index is -0.667. The molecule has 0 bridgehead atoms. The van der Waals surface area contributed by atoms with Crippen LogP contribution in [-0.4, -0.2) is 17.8 Å². The Kier molecular flexibility index (Phi) is 2.59. The second kappa shape index (κ2) is 3.66. The van der Waals surface area contributed by atoms with Gasteiger partial charge in [-0.2, -0.15) is 0 Å². The molecule has 0 atom stereocenters. The van der Waals surface area contributed by atoms with E-state index < -0.39 is 17.8 Å². The van der Waals surface area contributed by atoms with E-state index in [9.17, 15) is 14.4 Å². The van der Waals surface area contributed by atoms with E-state index in [2.05, 4.69) is 11.3 Å². The van der Waals surface area contributed by atoms with Gasteiger partial charge in [0.25, 0.3) is 5.91 Å². The minimum Gasteiger partial charge on any atom is -0.431 e. The van der Waals surface area contributed by atoms with Crippen molar-refractivity contribution in [3.63, 3.8) is 0 Å². The normalized spacial score (nSPS) is 18.6. The summed E-state index contributed by atoms with van der Waals surface area (Å²) in [5.41, 5.74) is 0.139. The van der Waals surface area contributed by atoms with Gasteiger partial charge in [-0.15, -0.1) is 0 Å². The van der Waals surface area contributed by atoms with Crippen molar-refractivity contribution in [3.05, 3.63) is 24.5 Å². The average molecular weight is 181 g/mol. The van der Waals surface area contributed by atoms with Crippen LogP contribution in [0.2, 0.25) is 0 Å². The SMILES string of the molecule is C=CC(=O)O/C=C1\CC(=O)NC1=O. The fourth-order valence-corrected chi connectivity index (χ4v) is 0.777. The molecule has 1 rings (SSSR count). The molecule has 68 valence electrons. The lowest BCUT2D eigenvalue weighted by atomic mass is 10.2. The molecule has 1 aliphatic heterocycles. The van der Waals surface area contributed by atoms with Crippen LogP contribution in [0.25, 0.3) is 0 Å². The summed E-state index contributed by atoms with van der Waals surface area (Å²) in [4.78, 5) is 32.1. The summed E-state index contributed by atoms with van der Waals surface area (Å²) in [7, 11) is 0. The van der Waals surface area contributed by atoms with Gasteiger partial charge in [-0.1, -0.05) is 6.58 Å². The Morgan fingerprint density at radius 1 is 1.54 bits per heavy atom. The molecule has 1 saturated heterocycles. The van der Waals surface area contributed by atoms with Gasteiger partial charge in [-0.05, 0) is 0 Å². The van der Waals surface area contributed by atoms with Crippen LogP contribution in [0.3, 0.4) is 0 Å². The molecule has 0 aromatic rings. The van der Waals surface area contributed by atoms with Crippen molar-refractivity contribution in [2.45, 2.75) is 6.42 Å². The maximum absolute atomic E-state index is 10.9. The van der Waals surface area contributed by atoms with Crippen LogP contribution in [0.15, 0.2) is 24.5 Å². The van der Waals surface area contributed by atoms with Crippen LogP contribution in [0.4, 0.5) is 0 Å².